The fraction of sp³-hybridized carbons (Fsp3) is 0. The molecule has 83 heavy (non-hydrogen) atoms. The van der Waals surface area contributed by atoms with E-state index in [9.17, 15) is 0 Å². The Hall–Kier alpha value is -10.9. The Balaban J connectivity index is 0.939. The number of benzene rings is 12. The van der Waals surface area contributed by atoms with Crippen LogP contribution in [0.15, 0.2) is 297 Å². The van der Waals surface area contributed by atoms with Crippen LogP contribution in [-0.4, -0.2) is 41.3 Å². The number of para-hydroxylation sites is 7. The van der Waals surface area contributed by atoms with E-state index in [0.717, 1.165) is 77.0 Å². The number of aromatic nitrogens is 7. The Morgan fingerprint density at radius 2 is 0.566 bits per heavy atom. The molecule has 0 N–H and O–H groups in total. The standard InChI is InChI=1S/C75H49N7Si/c1-4-24-51(25-5-1)83(52-26-6-2-7-27-52,53-28-8-3-9-29-53)54-48-46-50(47-49-54)73-76-74(81-64-39-18-12-32-57(64)58-33-13-19-40-65(58)81)78-75(77-73)82-66-41-20-14-34-59(66)60-36-22-45-70(72(60)82)80-67-42-21-15-35-61(67)71-68(43-23-44-69(71)80)79-62-37-16-10-30-55(62)56-31-11-17-38-63(56)79/h1-49H. The Morgan fingerprint density at radius 3 is 1.07 bits per heavy atom. The van der Waals surface area contributed by atoms with Gasteiger partial charge >= 0.3 is 0 Å². The summed E-state index contributed by atoms with van der Waals surface area (Å²) in [5.41, 5.74) is 11.6. The van der Waals surface area contributed by atoms with Gasteiger partial charge in [-0.25, -0.2) is 0 Å². The van der Waals surface area contributed by atoms with Crippen LogP contribution in [0.1, 0.15) is 0 Å². The van der Waals surface area contributed by atoms with E-state index in [2.05, 4.69) is 316 Å². The van der Waals surface area contributed by atoms with Crippen LogP contribution >= 0.6 is 0 Å². The zero-order chi connectivity index (χ0) is 54.6. The van der Waals surface area contributed by atoms with E-state index in [1.807, 2.05) is 0 Å². The summed E-state index contributed by atoms with van der Waals surface area (Å²) in [6.45, 7) is 0. The third-order valence-corrected chi connectivity index (χ3v) is 22.0. The van der Waals surface area contributed by atoms with Gasteiger partial charge < -0.3 is 9.13 Å². The molecule has 0 aliphatic rings. The molecule has 8 heteroatoms. The van der Waals surface area contributed by atoms with Gasteiger partial charge in [0.2, 0.25) is 11.9 Å². The third-order valence-electron chi connectivity index (χ3n) is 17.2. The van der Waals surface area contributed by atoms with Gasteiger partial charge in [0, 0.05) is 48.7 Å². The van der Waals surface area contributed by atoms with E-state index in [1.165, 1.54) is 47.9 Å². The summed E-state index contributed by atoms with van der Waals surface area (Å²) in [7, 11) is -2.84. The number of hydrogen-bond acceptors (Lipinski definition) is 3. The molecule has 7 nitrogen and oxygen atoms in total. The van der Waals surface area contributed by atoms with Crippen LogP contribution in [0, 0.1) is 0 Å². The predicted octanol–water partition coefficient (Wildman–Crippen LogP) is 15.3. The van der Waals surface area contributed by atoms with Gasteiger partial charge in [-0.15, -0.1) is 0 Å². The van der Waals surface area contributed by atoms with E-state index in [4.69, 9.17) is 15.0 Å². The average Bonchev–Trinajstić information content (AvgIpc) is 3.03. The highest BCUT2D eigenvalue weighted by atomic mass is 28.3. The quantitative estimate of drug-likeness (QED) is 0.107. The van der Waals surface area contributed by atoms with Crippen LogP contribution in [0.4, 0.5) is 0 Å². The summed E-state index contributed by atoms with van der Waals surface area (Å²) in [6.07, 6.45) is 0. The predicted molar refractivity (Wildman–Crippen MR) is 346 cm³/mol. The van der Waals surface area contributed by atoms with Gasteiger partial charge in [-0.1, -0.05) is 243 Å². The summed E-state index contributed by atoms with van der Waals surface area (Å²) in [6, 6.07) is 108. The second-order valence-corrected chi connectivity index (χ2v) is 25.3. The van der Waals surface area contributed by atoms with Crippen molar-refractivity contribution in [3.05, 3.63) is 297 Å². The number of rotatable bonds is 9. The molecular weight excluding hydrogens is 1030 g/mol. The summed E-state index contributed by atoms with van der Waals surface area (Å²) in [4.78, 5) is 16.9. The normalized spacial score (nSPS) is 12.1. The lowest BCUT2D eigenvalue weighted by Crippen LogP contribution is -2.74. The van der Waals surface area contributed by atoms with Gasteiger partial charge in [-0.3, -0.25) is 9.13 Å². The molecule has 17 aromatic rings. The van der Waals surface area contributed by atoms with E-state index in [-0.39, 0.29) is 0 Å². The summed E-state index contributed by atoms with van der Waals surface area (Å²) in [5, 5.41) is 14.5. The third kappa shape index (κ3) is 6.94. The minimum atomic E-state index is -2.84. The molecule has 0 aliphatic carbocycles. The fourth-order valence-electron chi connectivity index (χ4n) is 13.8. The molecule has 0 radical (unpaired) electrons. The second kappa shape index (κ2) is 18.6. The topological polar surface area (TPSA) is 58.4 Å². The van der Waals surface area contributed by atoms with Crippen molar-refractivity contribution in [1.82, 2.24) is 33.2 Å². The molecule has 0 saturated carbocycles. The highest BCUT2D eigenvalue weighted by Gasteiger charge is 2.41. The summed E-state index contributed by atoms with van der Waals surface area (Å²) in [5.74, 6) is 1.62. The van der Waals surface area contributed by atoms with Crippen molar-refractivity contribution in [1.29, 1.82) is 0 Å². The van der Waals surface area contributed by atoms with Gasteiger partial charge in [0.1, 0.15) is 0 Å². The second-order valence-electron chi connectivity index (χ2n) is 21.5. The maximum absolute atomic E-state index is 5.67. The molecule has 0 spiro atoms. The van der Waals surface area contributed by atoms with Crippen LogP contribution in [0.3, 0.4) is 0 Å². The van der Waals surface area contributed by atoms with Crippen molar-refractivity contribution in [2.24, 2.45) is 0 Å². The Kier molecular flexibility index (Phi) is 10.5. The number of fused-ring (bicyclic) bond motifs is 12. The zero-order valence-electron chi connectivity index (χ0n) is 44.9. The highest BCUT2D eigenvalue weighted by molar-refractivity contribution is 7.19. The molecule has 0 saturated heterocycles. The van der Waals surface area contributed by atoms with Crippen LogP contribution < -0.4 is 20.7 Å². The van der Waals surface area contributed by atoms with E-state index in [1.54, 1.807) is 0 Å². The Morgan fingerprint density at radius 1 is 0.229 bits per heavy atom. The van der Waals surface area contributed by atoms with Crippen molar-refractivity contribution in [2.75, 3.05) is 0 Å². The minimum Gasteiger partial charge on any atom is -0.309 e. The molecule has 0 unspecified atom stereocenters. The lowest BCUT2D eigenvalue weighted by molar-refractivity contribution is 0.891. The Labute approximate surface area is 478 Å². The lowest BCUT2D eigenvalue weighted by Gasteiger charge is -2.34. The molecule has 0 amide bonds. The molecule has 0 bridgehead atoms. The van der Waals surface area contributed by atoms with Crippen molar-refractivity contribution >= 4 is 116 Å². The average molecular weight is 1080 g/mol. The number of hydrogen-bond donors (Lipinski definition) is 0. The van der Waals surface area contributed by atoms with E-state index in [0.29, 0.717) is 17.7 Å². The SMILES string of the molecule is c1ccc([Si](c2ccccc2)(c2ccccc2)c2ccc(-c3nc(-n4c5ccccc5c5ccccc54)nc(-n4c5ccccc5c5cccc(-n6c7ccccc7c7c(-n8c9ccccc9c9ccccc98)cccc76)c54)n3)cc2)cc1. The van der Waals surface area contributed by atoms with E-state index >= 15 is 0 Å². The molecule has 0 atom stereocenters. The van der Waals surface area contributed by atoms with Crippen molar-refractivity contribution < 1.29 is 0 Å². The van der Waals surface area contributed by atoms with Gasteiger partial charge in [-0.05, 0) is 75.3 Å². The first-order valence-corrected chi connectivity index (χ1v) is 30.3. The van der Waals surface area contributed by atoms with Crippen LogP contribution in [-0.2, 0) is 0 Å². The minimum absolute atomic E-state index is 0.517. The molecule has 0 fully saturated rings. The van der Waals surface area contributed by atoms with Crippen LogP contribution in [0.5, 0.6) is 0 Å². The molecular formula is C75H49N7Si. The monoisotopic (exact) mass is 1080 g/mol. The first-order chi connectivity index (χ1) is 41.2. The zero-order valence-corrected chi connectivity index (χ0v) is 45.9. The molecule has 5 heterocycles. The number of nitrogens with zero attached hydrogens (tertiary/aromatic N) is 7. The maximum atomic E-state index is 5.67. The molecule has 5 aromatic heterocycles. The Bertz CT molecular complexity index is 5180. The van der Waals surface area contributed by atoms with E-state index < -0.39 is 8.07 Å². The van der Waals surface area contributed by atoms with Crippen molar-refractivity contribution in [2.45, 2.75) is 0 Å². The lowest BCUT2D eigenvalue weighted by atomic mass is 10.1. The van der Waals surface area contributed by atoms with Gasteiger partial charge in [0.15, 0.2) is 13.9 Å². The summed E-state index contributed by atoms with van der Waals surface area (Å²) < 4.78 is 9.40. The fourth-order valence-corrected chi connectivity index (χ4v) is 18.5. The first kappa shape index (κ1) is 46.9. The molecule has 17 rings (SSSR count). The molecule has 0 aliphatic heterocycles. The molecule has 388 valence electrons. The maximum Gasteiger partial charge on any atom is 0.240 e. The van der Waals surface area contributed by atoms with Crippen molar-refractivity contribution in [3.63, 3.8) is 0 Å². The van der Waals surface area contributed by atoms with Gasteiger partial charge in [0.25, 0.3) is 0 Å². The smallest absolute Gasteiger partial charge is 0.240 e. The van der Waals surface area contributed by atoms with Gasteiger partial charge in [0.05, 0.1) is 55.5 Å². The highest BCUT2D eigenvalue weighted by Crippen LogP contribution is 2.43. The molecule has 12 aromatic carbocycles. The van der Waals surface area contributed by atoms with Crippen LogP contribution in [0.2, 0.25) is 0 Å². The van der Waals surface area contributed by atoms with Gasteiger partial charge in [-0.2, -0.15) is 15.0 Å². The summed E-state index contributed by atoms with van der Waals surface area (Å²) >= 11 is 0. The van der Waals surface area contributed by atoms with Crippen LogP contribution in [0.25, 0.3) is 122 Å². The first-order valence-electron chi connectivity index (χ1n) is 28.3. The van der Waals surface area contributed by atoms with Crippen molar-refractivity contribution in [3.8, 4) is 34.7 Å². The largest absolute Gasteiger partial charge is 0.309 e.